The molecule has 18 nitrogen and oxygen atoms in total. The summed E-state index contributed by atoms with van der Waals surface area (Å²) < 4.78 is 66.9. The van der Waals surface area contributed by atoms with Crippen LogP contribution in [0.25, 0.3) is 21.3 Å². The molecule has 2 fully saturated rings. The van der Waals surface area contributed by atoms with Crippen LogP contribution in [0.15, 0.2) is 72.8 Å². The number of carbonyl (C=O) groups is 3. The van der Waals surface area contributed by atoms with E-state index in [1.54, 1.807) is 6.20 Å². The smallest absolute Gasteiger partial charge is 0.355 e. The number of benzene rings is 2. The van der Waals surface area contributed by atoms with Crippen LogP contribution in [0.1, 0.15) is 136 Å². The molecule has 3 aliphatic rings. The van der Waals surface area contributed by atoms with E-state index in [1.807, 2.05) is 76.0 Å². The van der Waals surface area contributed by atoms with E-state index in [0.717, 1.165) is 71.0 Å². The molecule has 3 atom stereocenters. The van der Waals surface area contributed by atoms with Crippen molar-refractivity contribution in [3.8, 4) is 11.1 Å². The number of aromatic carboxylic acids is 1. The standard InChI is InChI=1S/C57H76N8O10S3/c1-7-56(36-55(6)34-54(4,5)35-57(37-55,38-56)75-29-27-63(28-31-78(72,73)74)25-15-24-58-49(66)20-10-9-13-30-77(70,71)8-2)39-65-40(3)44(32-59-65)42-21-22-48(61-50(42)52(68)69)64-26-23-41-16-14-17-43(45(41)33-64)51(67)62-53-60-46-18-11-12-19-47(46)76-53/h8,11-12,14,16-19,21-22,32H,2,7,9-10,13,15,20,23-31,33-39H2,1,3-6H3,(H,58,66)(H,68,69)(H,60,62,67)(H,72,73,74). The number of rotatable bonds is 26. The molecule has 1 aliphatic heterocycles. The van der Waals surface area contributed by atoms with Crippen LogP contribution in [-0.2, 0) is 49.0 Å². The van der Waals surface area contributed by atoms with Crippen molar-refractivity contribution in [2.24, 2.45) is 16.2 Å². The molecule has 8 rings (SSSR count). The molecule has 3 aromatic heterocycles. The quantitative estimate of drug-likeness (QED) is 0.0298. The van der Waals surface area contributed by atoms with Gasteiger partial charge in [0.1, 0.15) is 5.82 Å². The Morgan fingerprint density at radius 3 is 2.44 bits per heavy atom. The number of pyridine rings is 1. The molecule has 2 amide bonds. The number of sulfone groups is 1. The maximum atomic E-state index is 13.8. The Bertz CT molecular complexity index is 3210. The third kappa shape index (κ3) is 14.6. The predicted molar refractivity (Wildman–Crippen MR) is 305 cm³/mol. The lowest BCUT2D eigenvalue weighted by atomic mass is 9.47. The average molecular weight is 1130 g/mol. The Kier molecular flexibility index (Phi) is 18.0. The second-order valence-corrected chi connectivity index (χ2v) is 27.8. The van der Waals surface area contributed by atoms with Gasteiger partial charge in [0.15, 0.2) is 20.7 Å². The minimum absolute atomic E-state index is 0.00740. The molecule has 21 heteroatoms. The summed E-state index contributed by atoms with van der Waals surface area (Å²) >= 11 is 1.42. The van der Waals surface area contributed by atoms with Crippen LogP contribution in [0.2, 0.25) is 0 Å². The summed E-state index contributed by atoms with van der Waals surface area (Å²) in [4.78, 5) is 52.7. The topological polar surface area (TPSA) is 243 Å². The minimum atomic E-state index is -4.23. The minimum Gasteiger partial charge on any atom is -0.476 e. The fraction of sp³-hybridized carbons (Fsp3) is 0.544. The van der Waals surface area contributed by atoms with Crippen molar-refractivity contribution in [1.82, 2.24) is 30.0 Å². The van der Waals surface area contributed by atoms with Crippen molar-refractivity contribution in [3.63, 3.8) is 0 Å². The first-order valence-corrected chi connectivity index (χ1v) is 31.3. The number of para-hydroxylation sites is 1. The van der Waals surface area contributed by atoms with E-state index < -0.39 is 37.3 Å². The molecule has 78 heavy (non-hydrogen) atoms. The molecule has 0 spiro atoms. The molecule has 2 aliphatic carbocycles. The van der Waals surface area contributed by atoms with E-state index in [2.05, 4.69) is 49.9 Å². The Morgan fingerprint density at radius 1 is 0.897 bits per heavy atom. The van der Waals surface area contributed by atoms with E-state index in [-0.39, 0.29) is 52.5 Å². The number of unbranched alkanes of at least 4 members (excludes halogenated alkanes) is 2. The van der Waals surface area contributed by atoms with Gasteiger partial charge in [-0.15, -0.1) is 0 Å². The Labute approximate surface area is 463 Å². The number of carboxylic acids is 1. The predicted octanol–water partition coefficient (Wildman–Crippen LogP) is 9.35. The van der Waals surface area contributed by atoms with Gasteiger partial charge in [0.05, 0.1) is 40.1 Å². The monoisotopic (exact) mass is 1130 g/mol. The number of carboxylic acid groups (broad SMARTS) is 1. The average Bonchev–Trinajstić information content (AvgIpc) is 3.86. The molecule has 2 saturated carbocycles. The van der Waals surface area contributed by atoms with Crippen molar-refractivity contribution in [2.45, 2.75) is 130 Å². The highest BCUT2D eigenvalue weighted by molar-refractivity contribution is 7.94. The zero-order valence-electron chi connectivity index (χ0n) is 45.7. The first-order chi connectivity index (χ1) is 36.9. The number of aromatic nitrogens is 4. The van der Waals surface area contributed by atoms with Crippen LogP contribution in [0, 0.1) is 23.2 Å². The van der Waals surface area contributed by atoms with Gasteiger partial charge >= 0.3 is 5.97 Å². The van der Waals surface area contributed by atoms with Gasteiger partial charge in [0, 0.05) is 73.5 Å². The third-order valence-corrected chi connectivity index (χ3v) is 19.1. The number of carbonyl (C=O) groups excluding carboxylic acids is 2. The Balaban J connectivity index is 0.934. The van der Waals surface area contributed by atoms with Crippen LogP contribution in [0.3, 0.4) is 0 Å². The maximum absolute atomic E-state index is 13.8. The molecule has 3 unspecified atom stereocenters. The number of amides is 2. The Morgan fingerprint density at radius 2 is 1.69 bits per heavy atom. The van der Waals surface area contributed by atoms with Gasteiger partial charge in [-0.25, -0.2) is 23.2 Å². The fourth-order valence-electron chi connectivity index (χ4n) is 13.2. The number of thiazole rings is 1. The molecular formula is C57H76N8O10S3. The molecule has 0 saturated heterocycles. The van der Waals surface area contributed by atoms with Crippen molar-refractivity contribution in [3.05, 3.63) is 101 Å². The summed E-state index contributed by atoms with van der Waals surface area (Å²) in [6.45, 7) is 17.7. The van der Waals surface area contributed by atoms with E-state index in [0.29, 0.717) is 106 Å². The van der Waals surface area contributed by atoms with Gasteiger partial charge in [0.25, 0.3) is 16.0 Å². The van der Waals surface area contributed by atoms with Gasteiger partial charge < -0.3 is 20.1 Å². The lowest BCUT2D eigenvalue weighted by Gasteiger charge is -2.62. The maximum Gasteiger partial charge on any atom is 0.355 e. The molecule has 422 valence electrons. The molecular weight excluding hydrogens is 1050 g/mol. The zero-order chi connectivity index (χ0) is 56.1. The fourth-order valence-corrected chi connectivity index (χ4v) is 15.4. The van der Waals surface area contributed by atoms with E-state index in [1.165, 1.54) is 11.3 Å². The largest absolute Gasteiger partial charge is 0.476 e. The van der Waals surface area contributed by atoms with Gasteiger partial charge in [-0.3, -0.25) is 29.0 Å². The normalized spacial score (nSPS) is 21.1. The molecule has 4 heterocycles. The summed E-state index contributed by atoms with van der Waals surface area (Å²) in [5.74, 6) is -1.47. The number of fused-ring (bicyclic) bond motifs is 4. The second kappa shape index (κ2) is 24.0. The van der Waals surface area contributed by atoms with Crippen molar-refractivity contribution in [2.75, 3.05) is 61.1 Å². The Hall–Kier alpha value is -5.58. The van der Waals surface area contributed by atoms with Crippen LogP contribution < -0.4 is 15.5 Å². The van der Waals surface area contributed by atoms with Crippen LogP contribution in [0.5, 0.6) is 0 Å². The highest BCUT2D eigenvalue weighted by Crippen LogP contribution is 2.64. The van der Waals surface area contributed by atoms with Crippen LogP contribution in [0.4, 0.5) is 10.9 Å². The number of nitrogens with one attached hydrogen (secondary N) is 2. The van der Waals surface area contributed by atoms with Crippen molar-refractivity contribution >= 4 is 70.2 Å². The lowest BCUT2D eigenvalue weighted by molar-refractivity contribution is -0.198. The van der Waals surface area contributed by atoms with E-state index in [4.69, 9.17) is 14.8 Å². The molecule has 0 radical (unpaired) electrons. The summed E-state index contributed by atoms with van der Waals surface area (Å²) in [7, 11) is -7.49. The van der Waals surface area contributed by atoms with Gasteiger partial charge in [0.2, 0.25) is 5.91 Å². The van der Waals surface area contributed by atoms with Crippen molar-refractivity contribution in [1.29, 1.82) is 0 Å². The first-order valence-electron chi connectivity index (χ1n) is 27.1. The molecule has 2 bridgehead atoms. The summed E-state index contributed by atoms with van der Waals surface area (Å²) in [5.41, 5.74) is 4.39. The van der Waals surface area contributed by atoms with E-state index in [9.17, 15) is 40.9 Å². The van der Waals surface area contributed by atoms with Crippen molar-refractivity contribution < 1.29 is 45.6 Å². The number of hydrogen-bond acceptors (Lipinski definition) is 14. The SMILES string of the molecule is C=CS(=O)(=O)CCCCCC(=O)NCCCN(CCOC12CC(C)(C)CC(C)(CC(CC)(Cn3ncc(-c4ccc(N5CCc6cccc(C(=O)Nc7nc8ccccc8s7)c6C5)nc4C(=O)O)c3C)C1)C2)CCS(=O)(=O)O. The highest BCUT2D eigenvalue weighted by atomic mass is 32.2. The summed E-state index contributed by atoms with van der Waals surface area (Å²) in [6.07, 6.45) is 10.1. The zero-order valence-corrected chi connectivity index (χ0v) is 48.1. The van der Waals surface area contributed by atoms with Gasteiger partial charge in [-0.1, -0.05) is 76.3 Å². The number of ether oxygens (including phenoxy) is 1. The number of hydrogen-bond donors (Lipinski definition) is 4. The highest BCUT2D eigenvalue weighted by Gasteiger charge is 2.59. The van der Waals surface area contributed by atoms with Crippen LogP contribution >= 0.6 is 11.3 Å². The first kappa shape index (κ1) is 58.6. The van der Waals surface area contributed by atoms with E-state index >= 15 is 0 Å². The van der Waals surface area contributed by atoms with Gasteiger partial charge in [-0.05, 0) is 135 Å². The number of nitrogens with zero attached hydrogens (tertiary/aromatic N) is 6. The summed E-state index contributed by atoms with van der Waals surface area (Å²) in [5, 5.41) is 23.0. The third-order valence-electron chi connectivity index (χ3n) is 16.1. The summed E-state index contributed by atoms with van der Waals surface area (Å²) in [6, 6.07) is 17.1. The number of anilines is 2. The molecule has 2 aromatic carbocycles. The molecule has 5 aromatic rings. The lowest BCUT2D eigenvalue weighted by Crippen LogP contribution is -2.58. The molecule has 4 N–H and O–H groups in total. The second-order valence-electron chi connectivity index (χ2n) is 23.1. The van der Waals surface area contributed by atoms with Gasteiger partial charge in [-0.2, -0.15) is 13.5 Å². The van der Waals surface area contributed by atoms with Crippen LogP contribution in [-0.4, -0.2) is 125 Å².